The number of hydrogen-bond acceptors (Lipinski definition) is 2. The normalized spacial score (nSPS) is 10.1. The zero-order valence-electron chi connectivity index (χ0n) is 9.73. The fourth-order valence-electron chi connectivity index (χ4n) is 1.60. The average molecular weight is 244 g/mol. The number of carboxylic acids is 1. The number of aromatic amines is 1. The minimum atomic E-state index is -0.986. The number of aromatic carboxylic acids is 1. The molecule has 1 aromatic carbocycles. The summed E-state index contributed by atoms with van der Waals surface area (Å²) in [6.07, 6.45) is 1.66. The summed E-state index contributed by atoms with van der Waals surface area (Å²) in [6.45, 7) is 1.75. The van der Waals surface area contributed by atoms with E-state index in [0.717, 1.165) is 0 Å². The molecule has 0 aliphatic heterocycles. The van der Waals surface area contributed by atoms with E-state index in [1.165, 1.54) is 12.1 Å². The van der Waals surface area contributed by atoms with E-state index in [9.17, 15) is 9.59 Å². The summed E-state index contributed by atoms with van der Waals surface area (Å²) in [7, 11) is 0. The van der Waals surface area contributed by atoms with Crippen LogP contribution in [0, 0.1) is 6.92 Å². The first-order valence-corrected chi connectivity index (χ1v) is 5.36. The van der Waals surface area contributed by atoms with Gasteiger partial charge in [-0.25, -0.2) is 4.79 Å². The molecule has 5 nitrogen and oxygen atoms in total. The van der Waals surface area contributed by atoms with Crippen LogP contribution in [0.15, 0.2) is 36.5 Å². The lowest BCUT2D eigenvalue weighted by molar-refractivity contribution is 0.0696. The minimum absolute atomic E-state index is 0.199. The van der Waals surface area contributed by atoms with Gasteiger partial charge in [-0.3, -0.25) is 4.79 Å². The summed E-state index contributed by atoms with van der Waals surface area (Å²) in [5, 5.41) is 11.6. The highest BCUT2D eigenvalue weighted by molar-refractivity contribution is 6.03. The zero-order chi connectivity index (χ0) is 13.1. The van der Waals surface area contributed by atoms with Gasteiger partial charge in [0.2, 0.25) is 0 Å². The van der Waals surface area contributed by atoms with Crippen LogP contribution in [0.1, 0.15) is 26.4 Å². The first-order chi connectivity index (χ1) is 8.58. The van der Waals surface area contributed by atoms with Gasteiger partial charge in [-0.05, 0) is 42.8 Å². The first kappa shape index (κ1) is 11.9. The molecule has 0 saturated carbocycles. The number of nitrogens with one attached hydrogen (secondary N) is 2. The van der Waals surface area contributed by atoms with Gasteiger partial charge in [-0.2, -0.15) is 0 Å². The SMILES string of the molecule is Cc1cc(C(=O)O)ccc1NC(=O)c1ccc[nH]1. The van der Waals surface area contributed by atoms with Crippen molar-refractivity contribution in [3.63, 3.8) is 0 Å². The van der Waals surface area contributed by atoms with Gasteiger partial charge < -0.3 is 15.4 Å². The monoisotopic (exact) mass is 244 g/mol. The van der Waals surface area contributed by atoms with Crippen LogP contribution in [-0.4, -0.2) is 22.0 Å². The third-order valence-corrected chi connectivity index (χ3v) is 2.56. The van der Waals surface area contributed by atoms with Crippen molar-refractivity contribution in [2.45, 2.75) is 6.92 Å². The first-order valence-electron chi connectivity index (χ1n) is 5.36. The molecular formula is C13H12N2O3. The van der Waals surface area contributed by atoms with E-state index in [4.69, 9.17) is 5.11 Å². The number of carboxylic acid groups (broad SMARTS) is 1. The van der Waals surface area contributed by atoms with Crippen molar-refractivity contribution < 1.29 is 14.7 Å². The Labute approximate surface area is 103 Å². The number of amides is 1. The maximum Gasteiger partial charge on any atom is 0.335 e. The van der Waals surface area contributed by atoms with Gasteiger partial charge in [0.05, 0.1) is 5.56 Å². The Balaban J connectivity index is 2.20. The van der Waals surface area contributed by atoms with E-state index in [2.05, 4.69) is 10.3 Å². The molecule has 5 heteroatoms. The highest BCUT2D eigenvalue weighted by Crippen LogP contribution is 2.17. The predicted octanol–water partition coefficient (Wildman–Crippen LogP) is 2.27. The molecule has 0 unspecified atom stereocenters. The molecule has 2 rings (SSSR count). The van der Waals surface area contributed by atoms with Gasteiger partial charge in [0.15, 0.2) is 0 Å². The highest BCUT2D eigenvalue weighted by Gasteiger charge is 2.10. The number of rotatable bonds is 3. The van der Waals surface area contributed by atoms with E-state index < -0.39 is 5.97 Å². The molecule has 0 atom stereocenters. The maximum atomic E-state index is 11.8. The second-order valence-electron chi connectivity index (χ2n) is 3.87. The number of carbonyl (C=O) groups is 2. The van der Waals surface area contributed by atoms with Crippen LogP contribution in [0.3, 0.4) is 0 Å². The molecule has 1 heterocycles. The Bertz CT molecular complexity index is 588. The molecule has 18 heavy (non-hydrogen) atoms. The molecule has 0 aliphatic rings. The molecule has 0 radical (unpaired) electrons. The Morgan fingerprint density at radius 1 is 1.28 bits per heavy atom. The van der Waals surface area contributed by atoms with Crippen LogP contribution >= 0.6 is 0 Å². The van der Waals surface area contributed by atoms with E-state index in [0.29, 0.717) is 16.9 Å². The summed E-state index contributed by atoms with van der Waals surface area (Å²) in [6, 6.07) is 7.96. The molecule has 0 spiro atoms. The van der Waals surface area contributed by atoms with Crippen LogP contribution in [-0.2, 0) is 0 Å². The maximum absolute atomic E-state index is 11.8. The van der Waals surface area contributed by atoms with Gasteiger partial charge in [-0.15, -0.1) is 0 Å². The minimum Gasteiger partial charge on any atom is -0.478 e. The zero-order valence-corrected chi connectivity index (χ0v) is 9.73. The van der Waals surface area contributed by atoms with Crippen LogP contribution in [0.2, 0.25) is 0 Å². The summed E-state index contributed by atoms with van der Waals surface area (Å²) >= 11 is 0. The van der Waals surface area contributed by atoms with E-state index in [1.807, 2.05) is 0 Å². The fraction of sp³-hybridized carbons (Fsp3) is 0.0769. The number of benzene rings is 1. The van der Waals surface area contributed by atoms with Gasteiger partial charge >= 0.3 is 5.97 Å². The Hall–Kier alpha value is -2.56. The molecule has 2 aromatic rings. The molecule has 0 aliphatic carbocycles. The number of carbonyl (C=O) groups excluding carboxylic acids is 1. The van der Waals surface area contributed by atoms with Crippen molar-refractivity contribution in [3.05, 3.63) is 53.3 Å². The Morgan fingerprint density at radius 2 is 2.06 bits per heavy atom. The lowest BCUT2D eigenvalue weighted by Crippen LogP contribution is -2.13. The van der Waals surface area contributed by atoms with Crippen LogP contribution in [0.5, 0.6) is 0 Å². The van der Waals surface area contributed by atoms with Gasteiger partial charge in [0.25, 0.3) is 5.91 Å². The summed E-state index contributed by atoms with van der Waals surface area (Å²) < 4.78 is 0. The standard InChI is InChI=1S/C13H12N2O3/c1-8-7-9(13(17)18)4-5-10(8)15-12(16)11-3-2-6-14-11/h2-7,14H,1H3,(H,15,16)(H,17,18). The fourth-order valence-corrected chi connectivity index (χ4v) is 1.60. The molecule has 1 aromatic heterocycles. The van der Waals surface area contributed by atoms with Crippen molar-refractivity contribution in [2.75, 3.05) is 5.32 Å². The predicted molar refractivity (Wildman–Crippen MR) is 66.9 cm³/mol. The quantitative estimate of drug-likeness (QED) is 0.774. The smallest absolute Gasteiger partial charge is 0.335 e. The molecular weight excluding hydrogens is 232 g/mol. The second-order valence-corrected chi connectivity index (χ2v) is 3.87. The number of hydrogen-bond donors (Lipinski definition) is 3. The van der Waals surface area contributed by atoms with Gasteiger partial charge in [0, 0.05) is 11.9 Å². The molecule has 92 valence electrons. The lowest BCUT2D eigenvalue weighted by atomic mass is 10.1. The van der Waals surface area contributed by atoms with Crippen molar-refractivity contribution in [2.24, 2.45) is 0 Å². The molecule has 0 bridgehead atoms. The van der Waals surface area contributed by atoms with Crippen LogP contribution in [0.4, 0.5) is 5.69 Å². The van der Waals surface area contributed by atoms with Crippen molar-refractivity contribution >= 4 is 17.6 Å². The Kier molecular flexibility index (Phi) is 3.14. The molecule has 0 fully saturated rings. The Morgan fingerprint density at radius 3 is 2.61 bits per heavy atom. The highest BCUT2D eigenvalue weighted by atomic mass is 16.4. The van der Waals surface area contributed by atoms with Crippen LogP contribution < -0.4 is 5.32 Å². The molecule has 0 saturated heterocycles. The second kappa shape index (κ2) is 4.75. The van der Waals surface area contributed by atoms with Crippen LogP contribution in [0.25, 0.3) is 0 Å². The molecule has 3 N–H and O–H groups in total. The van der Waals surface area contributed by atoms with E-state index in [-0.39, 0.29) is 11.5 Å². The summed E-state index contributed by atoms with van der Waals surface area (Å²) in [5.74, 6) is -1.24. The molecule has 1 amide bonds. The van der Waals surface area contributed by atoms with Crippen molar-refractivity contribution in [1.29, 1.82) is 0 Å². The number of anilines is 1. The third kappa shape index (κ3) is 2.40. The lowest BCUT2D eigenvalue weighted by Gasteiger charge is -2.08. The number of H-pyrrole nitrogens is 1. The number of aromatic nitrogens is 1. The number of aryl methyl sites for hydroxylation is 1. The third-order valence-electron chi connectivity index (χ3n) is 2.56. The average Bonchev–Trinajstić information content (AvgIpc) is 2.85. The topological polar surface area (TPSA) is 82.2 Å². The van der Waals surface area contributed by atoms with E-state index in [1.54, 1.807) is 31.3 Å². The van der Waals surface area contributed by atoms with Crippen molar-refractivity contribution in [3.8, 4) is 0 Å². The van der Waals surface area contributed by atoms with Gasteiger partial charge in [0.1, 0.15) is 5.69 Å². The van der Waals surface area contributed by atoms with E-state index >= 15 is 0 Å². The largest absolute Gasteiger partial charge is 0.478 e. The summed E-state index contributed by atoms with van der Waals surface area (Å²) in [5.41, 5.74) is 1.96. The van der Waals surface area contributed by atoms with Crippen molar-refractivity contribution in [1.82, 2.24) is 4.98 Å². The van der Waals surface area contributed by atoms with Gasteiger partial charge in [-0.1, -0.05) is 0 Å². The summed E-state index contributed by atoms with van der Waals surface area (Å²) in [4.78, 5) is 25.4.